The minimum atomic E-state index is 0.0296. The molecule has 4 nitrogen and oxygen atoms in total. The van der Waals surface area contributed by atoms with E-state index in [1.807, 2.05) is 25.1 Å². The van der Waals surface area contributed by atoms with Crippen LogP contribution in [-0.2, 0) is 4.79 Å². The highest BCUT2D eigenvalue weighted by Gasteiger charge is 2.17. The van der Waals surface area contributed by atoms with Crippen LogP contribution in [0.3, 0.4) is 0 Å². The van der Waals surface area contributed by atoms with Crippen LogP contribution < -0.4 is 15.4 Å². The van der Waals surface area contributed by atoms with Gasteiger partial charge in [0, 0.05) is 18.5 Å². The molecule has 0 radical (unpaired) electrons. The quantitative estimate of drug-likeness (QED) is 0.737. The summed E-state index contributed by atoms with van der Waals surface area (Å²) in [5.41, 5.74) is 1.72. The Hall–Kier alpha value is -1.71. The molecule has 1 aromatic carbocycles. The van der Waals surface area contributed by atoms with Crippen molar-refractivity contribution in [1.29, 1.82) is 0 Å². The number of hydrogen-bond acceptors (Lipinski definition) is 3. The Kier molecular flexibility index (Phi) is 2.49. The summed E-state index contributed by atoms with van der Waals surface area (Å²) < 4.78 is 5.10. The molecule has 1 unspecified atom stereocenters. The number of ether oxygens (including phenoxy) is 1. The summed E-state index contributed by atoms with van der Waals surface area (Å²) >= 11 is 0. The van der Waals surface area contributed by atoms with Gasteiger partial charge in [-0.1, -0.05) is 0 Å². The fourth-order valence-electron chi connectivity index (χ4n) is 1.68. The van der Waals surface area contributed by atoms with Gasteiger partial charge in [0.25, 0.3) is 0 Å². The predicted molar refractivity (Wildman–Crippen MR) is 59.3 cm³/mol. The Labute approximate surface area is 88.6 Å². The van der Waals surface area contributed by atoms with E-state index in [2.05, 4.69) is 10.6 Å². The molecule has 2 N–H and O–H groups in total. The van der Waals surface area contributed by atoms with Gasteiger partial charge in [-0.3, -0.25) is 4.79 Å². The average Bonchev–Trinajstić information content (AvgIpc) is 2.33. The third-order valence-corrected chi connectivity index (χ3v) is 2.39. The molecule has 1 aliphatic heterocycles. The number of hydrogen-bond donors (Lipinski definition) is 2. The number of carbonyl (C=O) groups excluding carboxylic acids is 1. The molecule has 15 heavy (non-hydrogen) atoms. The highest BCUT2D eigenvalue weighted by atomic mass is 16.5. The number of methoxy groups -OCH3 is 1. The zero-order chi connectivity index (χ0) is 10.8. The smallest absolute Gasteiger partial charge is 0.226 e. The molecule has 1 aromatic rings. The molecule has 0 aliphatic carbocycles. The van der Waals surface area contributed by atoms with E-state index in [1.54, 1.807) is 7.11 Å². The topological polar surface area (TPSA) is 50.4 Å². The van der Waals surface area contributed by atoms with Crippen molar-refractivity contribution in [3.8, 4) is 5.75 Å². The molecule has 2 rings (SSSR count). The van der Waals surface area contributed by atoms with E-state index < -0.39 is 0 Å². The predicted octanol–water partition coefficient (Wildman–Crippen LogP) is 1.84. The highest BCUT2D eigenvalue weighted by Crippen LogP contribution is 2.29. The van der Waals surface area contributed by atoms with Crippen molar-refractivity contribution in [1.82, 2.24) is 0 Å². The minimum Gasteiger partial charge on any atom is -0.497 e. The number of carbonyl (C=O) groups is 1. The molecule has 1 heterocycles. The van der Waals surface area contributed by atoms with Crippen molar-refractivity contribution < 1.29 is 9.53 Å². The molecule has 80 valence electrons. The van der Waals surface area contributed by atoms with Gasteiger partial charge in [0.2, 0.25) is 5.91 Å². The van der Waals surface area contributed by atoms with Crippen LogP contribution in [0.5, 0.6) is 5.75 Å². The Balaban J connectivity index is 2.37. The first-order valence-corrected chi connectivity index (χ1v) is 4.93. The molecule has 0 saturated heterocycles. The van der Waals surface area contributed by atoms with Gasteiger partial charge in [0.15, 0.2) is 0 Å². The molecule has 1 amide bonds. The van der Waals surface area contributed by atoms with Crippen molar-refractivity contribution in [2.75, 3.05) is 17.7 Å². The van der Waals surface area contributed by atoms with E-state index >= 15 is 0 Å². The van der Waals surface area contributed by atoms with E-state index in [4.69, 9.17) is 4.74 Å². The van der Waals surface area contributed by atoms with Gasteiger partial charge >= 0.3 is 0 Å². The monoisotopic (exact) mass is 206 g/mol. The molecule has 4 heteroatoms. The Bertz CT molecular complexity index is 390. The fourth-order valence-corrected chi connectivity index (χ4v) is 1.68. The number of benzene rings is 1. The lowest BCUT2D eigenvalue weighted by molar-refractivity contribution is -0.116. The highest BCUT2D eigenvalue weighted by molar-refractivity contribution is 5.96. The molecule has 0 bridgehead atoms. The average molecular weight is 206 g/mol. The van der Waals surface area contributed by atoms with E-state index in [9.17, 15) is 4.79 Å². The Morgan fingerprint density at radius 2 is 2.20 bits per heavy atom. The summed E-state index contributed by atoms with van der Waals surface area (Å²) in [5, 5.41) is 6.11. The first kappa shape index (κ1) is 9.83. The molecule has 0 spiro atoms. The normalized spacial score (nSPS) is 19.6. The lowest BCUT2D eigenvalue weighted by Crippen LogP contribution is -2.18. The summed E-state index contributed by atoms with van der Waals surface area (Å²) in [4.78, 5) is 11.5. The second kappa shape index (κ2) is 3.81. The van der Waals surface area contributed by atoms with E-state index in [0.29, 0.717) is 6.42 Å². The van der Waals surface area contributed by atoms with Crippen LogP contribution in [-0.4, -0.2) is 19.1 Å². The van der Waals surface area contributed by atoms with Crippen molar-refractivity contribution in [3.05, 3.63) is 18.2 Å². The van der Waals surface area contributed by atoms with Crippen LogP contribution in [0.2, 0.25) is 0 Å². The van der Waals surface area contributed by atoms with Crippen LogP contribution in [0, 0.1) is 0 Å². The van der Waals surface area contributed by atoms with Gasteiger partial charge in [-0.2, -0.15) is 0 Å². The van der Waals surface area contributed by atoms with E-state index in [0.717, 1.165) is 17.1 Å². The maximum Gasteiger partial charge on any atom is 0.226 e. The van der Waals surface area contributed by atoms with Crippen molar-refractivity contribution in [3.63, 3.8) is 0 Å². The SMILES string of the molecule is COc1ccc2c(c1)NC(=O)CC(C)N2. The standard InChI is InChI=1S/C11H14N2O2/c1-7-5-11(14)13-10-6-8(15-2)3-4-9(10)12-7/h3-4,6-7,12H,5H2,1-2H3,(H,13,14). The van der Waals surface area contributed by atoms with Crippen molar-refractivity contribution >= 4 is 17.3 Å². The van der Waals surface area contributed by atoms with Crippen LogP contribution in [0.4, 0.5) is 11.4 Å². The third kappa shape index (κ3) is 2.03. The van der Waals surface area contributed by atoms with Gasteiger partial charge in [0.1, 0.15) is 5.75 Å². The second-order valence-electron chi connectivity index (χ2n) is 3.71. The van der Waals surface area contributed by atoms with Crippen molar-refractivity contribution in [2.45, 2.75) is 19.4 Å². The zero-order valence-electron chi connectivity index (χ0n) is 8.83. The number of rotatable bonds is 1. The van der Waals surface area contributed by atoms with Crippen LogP contribution in [0.25, 0.3) is 0 Å². The summed E-state index contributed by atoms with van der Waals surface area (Å²) in [6, 6.07) is 5.75. The van der Waals surface area contributed by atoms with Gasteiger partial charge in [0.05, 0.1) is 18.5 Å². The molecular formula is C11H14N2O2. The van der Waals surface area contributed by atoms with Crippen LogP contribution in [0.1, 0.15) is 13.3 Å². The molecule has 0 saturated carbocycles. The fraction of sp³-hybridized carbons (Fsp3) is 0.364. The number of anilines is 2. The molecule has 0 aromatic heterocycles. The maximum atomic E-state index is 11.5. The number of amides is 1. The molecule has 1 atom stereocenters. The molecule has 0 fully saturated rings. The molecular weight excluding hydrogens is 192 g/mol. The second-order valence-corrected chi connectivity index (χ2v) is 3.71. The Morgan fingerprint density at radius 3 is 2.93 bits per heavy atom. The maximum absolute atomic E-state index is 11.5. The number of nitrogens with one attached hydrogen (secondary N) is 2. The van der Waals surface area contributed by atoms with Crippen LogP contribution in [0.15, 0.2) is 18.2 Å². The summed E-state index contributed by atoms with van der Waals surface area (Å²) in [6.45, 7) is 1.99. The Morgan fingerprint density at radius 1 is 1.40 bits per heavy atom. The first-order chi connectivity index (χ1) is 7.19. The lowest BCUT2D eigenvalue weighted by Gasteiger charge is -2.12. The van der Waals surface area contributed by atoms with E-state index in [1.165, 1.54) is 0 Å². The summed E-state index contributed by atoms with van der Waals surface area (Å²) in [7, 11) is 1.61. The first-order valence-electron chi connectivity index (χ1n) is 4.93. The minimum absolute atomic E-state index is 0.0296. The zero-order valence-corrected chi connectivity index (χ0v) is 8.83. The van der Waals surface area contributed by atoms with Gasteiger partial charge in [-0.25, -0.2) is 0 Å². The summed E-state index contributed by atoms with van der Waals surface area (Å²) in [6.07, 6.45) is 0.483. The summed E-state index contributed by atoms with van der Waals surface area (Å²) in [5.74, 6) is 0.771. The third-order valence-electron chi connectivity index (χ3n) is 2.39. The largest absolute Gasteiger partial charge is 0.497 e. The lowest BCUT2D eigenvalue weighted by atomic mass is 10.2. The van der Waals surface area contributed by atoms with E-state index in [-0.39, 0.29) is 11.9 Å². The number of fused-ring (bicyclic) bond motifs is 1. The van der Waals surface area contributed by atoms with Gasteiger partial charge in [-0.15, -0.1) is 0 Å². The van der Waals surface area contributed by atoms with Gasteiger partial charge in [-0.05, 0) is 19.1 Å². The van der Waals surface area contributed by atoms with Crippen LogP contribution >= 0.6 is 0 Å². The van der Waals surface area contributed by atoms with Crippen molar-refractivity contribution in [2.24, 2.45) is 0 Å². The molecule has 1 aliphatic rings. The van der Waals surface area contributed by atoms with Gasteiger partial charge < -0.3 is 15.4 Å².